The van der Waals surface area contributed by atoms with E-state index >= 15 is 0 Å². The number of hydrogen-bond acceptors (Lipinski definition) is 8. The van der Waals surface area contributed by atoms with E-state index in [9.17, 15) is 9.59 Å². The minimum atomic E-state index is -0.436. The monoisotopic (exact) mass is 302 g/mol. The molecular weight excluding hydrogens is 280 g/mol. The molecule has 0 aliphatic rings. The van der Waals surface area contributed by atoms with Gasteiger partial charge in [-0.15, -0.1) is 0 Å². The molecule has 10 heteroatoms. The number of rotatable bonds is 12. The number of oxime groups is 2. The molecule has 0 aromatic rings. The summed E-state index contributed by atoms with van der Waals surface area (Å²) in [6.07, 6.45) is 2.50. The molecule has 0 aliphatic heterocycles. The van der Waals surface area contributed by atoms with Gasteiger partial charge in [-0.1, -0.05) is 10.3 Å². The van der Waals surface area contributed by atoms with Gasteiger partial charge in [-0.3, -0.25) is 9.59 Å². The molecule has 0 saturated heterocycles. The first-order valence-electron chi connectivity index (χ1n) is 6.52. The fraction of sp³-hybridized carbons (Fsp3) is 0.636. The average Bonchev–Trinajstić information content (AvgIpc) is 2.45. The molecule has 0 unspecified atom stereocenters. The summed E-state index contributed by atoms with van der Waals surface area (Å²) >= 11 is 0. The Balaban J connectivity index is 3.19. The number of hydrogen-bond donors (Lipinski definition) is 6. The van der Waals surface area contributed by atoms with Crippen LogP contribution < -0.4 is 21.3 Å². The van der Waals surface area contributed by atoms with Crippen LogP contribution in [0.2, 0.25) is 0 Å². The van der Waals surface area contributed by atoms with Gasteiger partial charge < -0.3 is 31.7 Å². The predicted molar refractivity (Wildman–Crippen MR) is 76.9 cm³/mol. The van der Waals surface area contributed by atoms with E-state index in [2.05, 4.69) is 31.6 Å². The summed E-state index contributed by atoms with van der Waals surface area (Å²) in [5.41, 5.74) is 0. The molecule has 0 aromatic carbocycles. The first kappa shape index (κ1) is 18.8. The van der Waals surface area contributed by atoms with Crippen LogP contribution in [0.15, 0.2) is 10.3 Å². The average molecular weight is 302 g/mol. The molecule has 0 fully saturated rings. The fourth-order valence-electron chi connectivity index (χ4n) is 1.33. The quantitative estimate of drug-likeness (QED) is 0.103. The third-order valence-electron chi connectivity index (χ3n) is 2.26. The lowest BCUT2D eigenvalue weighted by molar-refractivity contribution is -0.115. The molecule has 6 N–H and O–H groups in total. The first-order valence-corrected chi connectivity index (χ1v) is 6.52. The molecule has 0 radical (unpaired) electrons. The number of carbonyl (C=O) groups is 2. The highest BCUT2D eigenvalue weighted by Gasteiger charge is 1.96. The topological polar surface area (TPSA) is 147 Å². The van der Waals surface area contributed by atoms with E-state index in [4.69, 9.17) is 10.4 Å². The van der Waals surface area contributed by atoms with E-state index in [-0.39, 0.29) is 0 Å². The Morgan fingerprint density at radius 1 is 0.762 bits per heavy atom. The summed E-state index contributed by atoms with van der Waals surface area (Å²) in [4.78, 5) is 21.7. The second kappa shape index (κ2) is 14.2. The van der Waals surface area contributed by atoms with Gasteiger partial charge in [0.05, 0.1) is 0 Å². The molecule has 0 aliphatic carbocycles. The smallest absolute Gasteiger partial charge is 0.265 e. The van der Waals surface area contributed by atoms with Crippen molar-refractivity contribution in [3.63, 3.8) is 0 Å². The van der Waals surface area contributed by atoms with Crippen LogP contribution in [0.4, 0.5) is 0 Å². The normalized spacial score (nSPS) is 11.0. The van der Waals surface area contributed by atoms with Crippen LogP contribution in [-0.4, -0.2) is 73.9 Å². The zero-order valence-electron chi connectivity index (χ0n) is 11.7. The van der Waals surface area contributed by atoms with Gasteiger partial charge >= 0.3 is 0 Å². The molecule has 10 nitrogen and oxygen atoms in total. The summed E-state index contributed by atoms with van der Waals surface area (Å²) < 4.78 is 0. The molecule has 21 heavy (non-hydrogen) atoms. The molecule has 0 aromatic heterocycles. The fourth-order valence-corrected chi connectivity index (χ4v) is 1.33. The van der Waals surface area contributed by atoms with Crippen molar-refractivity contribution >= 4 is 24.2 Å². The summed E-state index contributed by atoms with van der Waals surface area (Å²) in [6, 6.07) is 0. The van der Waals surface area contributed by atoms with E-state index in [0.29, 0.717) is 26.2 Å². The summed E-state index contributed by atoms with van der Waals surface area (Å²) in [6.45, 7) is 3.75. The van der Waals surface area contributed by atoms with E-state index in [1.807, 2.05) is 0 Å². The summed E-state index contributed by atoms with van der Waals surface area (Å²) in [5, 5.41) is 32.7. The number of carbonyl (C=O) groups excluding carboxylic acids is 2. The van der Waals surface area contributed by atoms with Crippen molar-refractivity contribution in [2.45, 2.75) is 6.42 Å². The zero-order valence-corrected chi connectivity index (χ0v) is 11.7. The Morgan fingerprint density at radius 2 is 1.19 bits per heavy atom. The second-order valence-corrected chi connectivity index (χ2v) is 3.92. The van der Waals surface area contributed by atoms with Crippen LogP contribution in [0.5, 0.6) is 0 Å². The van der Waals surface area contributed by atoms with Crippen LogP contribution >= 0.6 is 0 Å². The van der Waals surface area contributed by atoms with Gasteiger partial charge in [0.15, 0.2) is 0 Å². The predicted octanol–water partition coefficient (Wildman–Crippen LogP) is -2.29. The maximum Gasteiger partial charge on any atom is 0.265 e. The molecule has 0 heterocycles. The lowest BCUT2D eigenvalue weighted by Crippen LogP contribution is -2.34. The van der Waals surface area contributed by atoms with Crippen molar-refractivity contribution in [3.05, 3.63) is 0 Å². The van der Waals surface area contributed by atoms with Gasteiger partial charge in [0.2, 0.25) is 0 Å². The molecule has 0 spiro atoms. The number of nitrogens with zero attached hydrogens (tertiary/aromatic N) is 2. The Morgan fingerprint density at radius 3 is 1.57 bits per heavy atom. The Bertz CT molecular complexity index is 316. The van der Waals surface area contributed by atoms with Crippen LogP contribution in [-0.2, 0) is 9.59 Å². The zero-order chi connectivity index (χ0) is 15.8. The van der Waals surface area contributed by atoms with Gasteiger partial charge in [0.25, 0.3) is 11.8 Å². The first-order chi connectivity index (χ1) is 10.2. The van der Waals surface area contributed by atoms with Crippen LogP contribution in [0.1, 0.15) is 6.42 Å². The molecule has 0 atom stereocenters. The van der Waals surface area contributed by atoms with Crippen molar-refractivity contribution in [3.8, 4) is 0 Å². The minimum absolute atomic E-state index is 0.436. The third-order valence-corrected chi connectivity index (χ3v) is 2.26. The van der Waals surface area contributed by atoms with Gasteiger partial charge in [-0.25, -0.2) is 0 Å². The molecule has 120 valence electrons. The van der Waals surface area contributed by atoms with Crippen LogP contribution in [0, 0.1) is 0 Å². The third kappa shape index (κ3) is 14.0. The lowest BCUT2D eigenvalue weighted by Gasteiger charge is -2.07. The van der Waals surface area contributed by atoms with Crippen molar-refractivity contribution < 1.29 is 20.0 Å². The highest BCUT2D eigenvalue weighted by molar-refractivity contribution is 6.26. The molecule has 2 amide bonds. The highest BCUT2D eigenvalue weighted by Crippen LogP contribution is 1.73. The van der Waals surface area contributed by atoms with E-state index in [1.54, 1.807) is 0 Å². The standard InChI is InChI=1S/C11H22N6O4/c18-10(8-16-20)14-6-4-12-2-1-3-13-5-7-15-11(19)9-17-21/h8-9,12-13,20-21H,1-7H2,(H,14,18)(H,15,19)/b16-8+,17-9+. The van der Waals surface area contributed by atoms with E-state index < -0.39 is 11.8 Å². The van der Waals surface area contributed by atoms with Crippen LogP contribution in [0.3, 0.4) is 0 Å². The molecular formula is C11H22N6O4. The Hall–Kier alpha value is -2.20. The van der Waals surface area contributed by atoms with Gasteiger partial charge in [-0.2, -0.15) is 0 Å². The van der Waals surface area contributed by atoms with Gasteiger partial charge in [0.1, 0.15) is 12.4 Å². The Kier molecular flexibility index (Phi) is 12.7. The van der Waals surface area contributed by atoms with Gasteiger partial charge in [0, 0.05) is 26.2 Å². The molecule has 0 saturated carbocycles. The van der Waals surface area contributed by atoms with Crippen molar-refractivity contribution in [1.82, 2.24) is 21.3 Å². The summed E-state index contributed by atoms with van der Waals surface area (Å²) in [5.74, 6) is -0.872. The minimum Gasteiger partial charge on any atom is -0.411 e. The second-order valence-electron chi connectivity index (χ2n) is 3.92. The largest absolute Gasteiger partial charge is 0.411 e. The summed E-state index contributed by atoms with van der Waals surface area (Å²) in [7, 11) is 0. The maximum absolute atomic E-state index is 10.9. The highest BCUT2D eigenvalue weighted by atomic mass is 16.4. The van der Waals surface area contributed by atoms with E-state index in [0.717, 1.165) is 31.9 Å². The number of nitrogens with one attached hydrogen (secondary N) is 4. The number of amides is 2. The SMILES string of the molecule is O=C(/C=N/O)NCCNCCCNCCNC(=O)/C=N/O. The van der Waals surface area contributed by atoms with Crippen LogP contribution in [0.25, 0.3) is 0 Å². The van der Waals surface area contributed by atoms with Crippen molar-refractivity contribution in [2.24, 2.45) is 10.3 Å². The van der Waals surface area contributed by atoms with Crippen molar-refractivity contribution in [1.29, 1.82) is 0 Å². The molecule has 0 bridgehead atoms. The lowest BCUT2D eigenvalue weighted by atomic mass is 10.4. The Labute approximate surface area is 122 Å². The van der Waals surface area contributed by atoms with E-state index in [1.165, 1.54) is 0 Å². The molecule has 0 rings (SSSR count). The van der Waals surface area contributed by atoms with Gasteiger partial charge in [-0.05, 0) is 19.5 Å². The van der Waals surface area contributed by atoms with Crippen molar-refractivity contribution in [2.75, 3.05) is 39.3 Å². The maximum atomic E-state index is 10.9.